The van der Waals surface area contributed by atoms with E-state index in [9.17, 15) is 18.3 Å². The van der Waals surface area contributed by atoms with Crippen molar-refractivity contribution < 1.29 is 23.1 Å². The third kappa shape index (κ3) is 3.66. The number of aliphatic hydroxyl groups excluding tert-OH is 1. The van der Waals surface area contributed by atoms with E-state index in [1.807, 2.05) is 0 Å². The van der Waals surface area contributed by atoms with Crippen LogP contribution in [-0.4, -0.2) is 49.0 Å². The van der Waals surface area contributed by atoms with Crippen molar-refractivity contribution in [1.29, 1.82) is 0 Å². The molecule has 1 aromatic rings. The number of hydrogen-bond acceptors (Lipinski definition) is 7. The van der Waals surface area contributed by atoms with Crippen LogP contribution in [0.1, 0.15) is 6.92 Å². The lowest BCUT2D eigenvalue weighted by molar-refractivity contribution is -0.149. The Balaban J connectivity index is 2.81. The smallest absolute Gasteiger partial charge is 0.336 e. The Morgan fingerprint density at radius 3 is 2.79 bits per heavy atom. The fourth-order valence-electron chi connectivity index (χ4n) is 1.27. The average molecular weight is 292 g/mol. The number of hydrogen-bond donors (Lipinski definition) is 3. The molecule has 0 spiro atoms. The summed E-state index contributed by atoms with van der Waals surface area (Å²) >= 11 is 0. The third-order valence-corrected chi connectivity index (χ3v) is 3.75. The Labute approximate surface area is 110 Å². The summed E-state index contributed by atoms with van der Waals surface area (Å²) in [5.74, 6) is -1.08. The summed E-state index contributed by atoms with van der Waals surface area (Å²) in [6.45, 7) is 1.73. The van der Waals surface area contributed by atoms with E-state index in [0.29, 0.717) is 6.54 Å². The van der Waals surface area contributed by atoms with Crippen molar-refractivity contribution >= 4 is 21.8 Å². The topological polar surface area (TPSA) is 137 Å². The predicted molar refractivity (Wildman–Crippen MR) is 65.5 cm³/mol. The molecule has 108 valence electrons. The van der Waals surface area contributed by atoms with E-state index in [1.54, 1.807) is 6.92 Å². The van der Waals surface area contributed by atoms with Crippen LogP contribution >= 0.6 is 0 Å². The molecular formula is C9H16N4O5S. The molecule has 1 rings (SSSR count). The zero-order valence-electron chi connectivity index (χ0n) is 10.5. The second-order valence-electron chi connectivity index (χ2n) is 3.63. The van der Waals surface area contributed by atoms with Crippen molar-refractivity contribution in [3.05, 3.63) is 6.20 Å². The van der Waals surface area contributed by atoms with Crippen molar-refractivity contribution in [3.63, 3.8) is 0 Å². The molecule has 0 saturated carbocycles. The van der Waals surface area contributed by atoms with E-state index in [0.717, 1.165) is 7.11 Å². The Bertz CT molecular complexity index is 553. The second-order valence-corrected chi connectivity index (χ2v) is 5.36. The van der Waals surface area contributed by atoms with Crippen LogP contribution < -0.4 is 10.5 Å². The number of nitrogen functional groups attached to an aromatic ring is 1. The van der Waals surface area contributed by atoms with E-state index < -0.39 is 28.6 Å². The molecule has 0 amide bonds. The first kappa shape index (κ1) is 15.4. The van der Waals surface area contributed by atoms with Crippen LogP contribution in [0, 0.1) is 0 Å². The number of esters is 1. The van der Waals surface area contributed by atoms with Gasteiger partial charge < -0.3 is 15.6 Å². The lowest BCUT2D eigenvalue weighted by Gasteiger charge is -2.09. The Kier molecular flexibility index (Phi) is 4.86. The molecule has 10 heteroatoms. The normalized spacial score (nSPS) is 13.2. The maximum absolute atomic E-state index is 11.9. The molecule has 19 heavy (non-hydrogen) atoms. The molecule has 0 aliphatic rings. The molecule has 1 heterocycles. The van der Waals surface area contributed by atoms with Gasteiger partial charge in [-0.15, -0.1) is 0 Å². The molecular weight excluding hydrogens is 276 g/mol. The Morgan fingerprint density at radius 2 is 2.32 bits per heavy atom. The summed E-state index contributed by atoms with van der Waals surface area (Å²) in [5.41, 5.74) is 5.49. The molecule has 0 aromatic carbocycles. The number of aliphatic hydroxyl groups is 1. The number of carbonyl (C=O) groups excluding carboxylic acids is 1. The number of aryl methyl sites for hydroxylation is 1. The first-order valence-electron chi connectivity index (χ1n) is 5.40. The highest BCUT2D eigenvalue weighted by Gasteiger charge is 2.24. The number of nitrogens with zero attached hydrogens (tertiary/aromatic N) is 2. The summed E-state index contributed by atoms with van der Waals surface area (Å²) in [6.07, 6.45) is -0.315. The molecule has 0 saturated heterocycles. The van der Waals surface area contributed by atoms with Gasteiger partial charge in [-0.2, -0.15) is 5.10 Å². The van der Waals surface area contributed by atoms with Crippen molar-refractivity contribution in [1.82, 2.24) is 14.5 Å². The number of nitrogens with one attached hydrogen (secondary N) is 1. The lowest BCUT2D eigenvalue weighted by atomic mass is 10.4. The Hall–Kier alpha value is -1.65. The molecule has 1 atom stereocenters. The first-order chi connectivity index (χ1) is 8.81. The Morgan fingerprint density at radius 1 is 1.68 bits per heavy atom. The summed E-state index contributed by atoms with van der Waals surface area (Å²) in [4.78, 5) is 10.7. The predicted octanol–water partition coefficient (Wildman–Crippen LogP) is -1.70. The number of carbonyl (C=O) groups is 1. The van der Waals surface area contributed by atoms with Gasteiger partial charge in [-0.25, -0.2) is 17.9 Å². The highest BCUT2D eigenvalue weighted by molar-refractivity contribution is 7.89. The third-order valence-electron chi connectivity index (χ3n) is 2.31. The minimum absolute atomic E-state index is 0.151. The van der Waals surface area contributed by atoms with Gasteiger partial charge >= 0.3 is 5.97 Å². The van der Waals surface area contributed by atoms with Gasteiger partial charge in [-0.05, 0) is 6.92 Å². The quantitative estimate of drug-likeness (QED) is 0.531. The van der Waals surface area contributed by atoms with E-state index in [2.05, 4.69) is 14.6 Å². The van der Waals surface area contributed by atoms with Crippen LogP contribution in [0.4, 0.5) is 5.82 Å². The van der Waals surface area contributed by atoms with Gasteiger partial charge in [-0.1, -0.05) is 0 Å². The van der Waals surface area contributed by atoms with Gasteiger partial charge in [0, 0.05) is 19.3 Å². The maximum atomic E-state index is 11.9. The number of ether oxygens (including phenoxy) is 1. The van der Waals surface area contributed by atoms with E-state index in [-0.39, 0.29) is 10.7 Å². The maximum Gasteiger partial charge on any atom is 0.336 e. The van der Waals surface area contributed by atoms with Crippen molar-refractivity contribution in [2.75, 3.05) is 19.4 Å². The van der Waals surface area contributed by atoms with Crippen molar-refractivity contribution in [3.8, 4) is 0 Å². The second kappa shape index (κ2) is 5.99. The van der Waals surface area contributed by atoms with E-state index >= 15 is 0 Å². The molecule has 1 unspecified atom stereocenters. The number of nitrogens with two attached hydrogens (primary N) is 1. The number of sulfonamides is 1. The highest BCUT2D eigenvalue weighted by atomic mass is 32.2. The minimum Gasteiger partial charge on any atom is -0.467 e. The summed E-state index contributed by atoms with van der Waals surface area (Å²) in [5, 5.41) is 13.1. The fraction of sp³-hybridized carbons (Fsp3) is 0.556. The highest BCUT2D eigenvalue weighted by Crippen LogP contribution is 2.15. The van der Waals surface area contributed by atoms with Crippen LogP contribution in [0.5, 0.6) is 0 Å². The van der Waals surface area contributed by atoms with Crippen LogP contribution in [0.2, 0.25) is 0 Å². The zero-order valence-corrected chi connectivity index (χ0v) is 11.3. The fourth-order valence-corrected chi connectivity index (χ4v) is 2.38. The minimum atomic E-state index is -3.94. The number of rotatable bonds is 6. The number of anilines is 1. The average Bonchev–Trinajstić information content (AvgIpc) is 2.77. The van der Waals surface area contributed by atoms with Gasteiger partial charge in [0.1, 0.15) is 4.90 Å². The molecule has 0 bridgehead atoms. The van der Waals surface area contributed by atoms with Gasteiger partial charge in [0.05, 0.1) is 7.11 Å². The molecule has 0 aliphatic carbocycles. The number of methoxy groups -OCH3 is 1. The first-order valence-corrected chi connectivity index (χ1v) is 6.88. The lowest BCUT2D eigenvalue weighted by Crippen LogP contribution is -2.37. The van der Waals surface area contributed by atoms with Gasteiger partial charge in [0.15, 0.2) is 11.9 Å². The number of aromatic nitrogens is 2. The summed E-state index contributed by atoms with van der Waals surface area (Å²) in [6, 6.07) is 0. The zero-order chi connectivity index (χ0) is 14.6. The largest absolute Gasteiger partial charge is 0.467 e. The van der Waals surface area contributed by atoms with Gasteiger partial charge in [0.25, 0.3) is 0 Å². The molecule has 4 N–H and O–H groups in total. The summed E-state index contributed by atoms with van der Waals surface area (Å²) in [7, 11) is -2.86. The SMILES string of the molecule is CCn1cc(S(=O)(=O)NCC(O)C(=O)OC)c(N)n1. The van der Waals surface area contributed by atoms with E-state index in [1.165, 1.54) is 10.9 Å². The van der Waals surface area contributed by atoms with Crippen LogP contribution in [0.25, 0.3) is 0 Å². The monoisotopic (exact) mass is 292 g/mol. The molecule has 0 aliphatic heterocycles. The molecule has 1 aromatic heterocycles. The van der Waals surface area contributed by atoms with Crippen LogP contribution in [0.3, 0.4) is 0 Å². The summed E-state index contributed by atoms with van der Waals surface area (Å²) < 4.78 is 31.5. The van der Waals surface area contributed by atoms with Crippen molar-refractivity contribution in [2.24, 2.45) is 0 Å². The van der Waals surface area contributed by atoms with Crippen molar-refractivity contribution in [2.45, 2.75) is 24.5 Å². The standard InChI is InChI=1S/C9H16N4O5S/c1-3-13-5-7(8(10)12-13)19(16,17)11-4-6(14)9(15)18-2/h5-6,11,14H,3-4H2,1-2H3,(H2,10,12). The molecule has 0 radical (unpaired) electrons. The molecule has 0 fully saturated rings. The van der Waals surface area contributed by atoms with E-state index in [4.69, 9.17) is 5.73 Å². The molecule has 9 nitrogen and oxygen atoms in total. The van der Waals surface area contributed by atoms with Crippen LogP contribution in [0.15, 0.2) is 11.1 Å². The van der Waals surface area contributed by atoms with Crippen LogP contribution in [-0.2, 0) is 26.1 Å². The van der Waals surface area contributed by atoms with Gasteiger partial charge in [-0.3, -0.25) is 4.68 Å². The van der Waals surface area contributed by atoms with Gasteiger partial charge in [0.2, 0.25) is 10.0 Å².